The number of nitrogens with zero attached hydrogens (tertiary/aromatic N) is 3. The summed E-state index contributed by atoms with van der Waals surface area (Å²) in [7, 11) is 1.51. The van der Waals surface area contributed by atoms with Crippen LogP contribution in [-0.4, -0.2) is 27.8 Å². The highest BCUT2D eigenvalue weighted by atomic mass is 35.5. The smallest absolute Gasteiger partial charge is 0.255 e. The second kappa shape index (κ2) is 10.5. The molecule has 1 atom stereocenters. The molecule has 4 aromatic rings. The standard InChI is InChI=1S/C28H25ClFN5O3/c1-16-7-4-5-10-22(16)34-27(36)25-17(2)33-28-31-15-32-35(28)26(25)18-11-12-23(24(13-18)37-3)38-14-19-20(29)8-6-9-21(19)30/h4-13,15,26H,14H2,1-3H3,(H,34,36)(H,31,32,33)/t26-/m1/s1. The first-order valence-corrected chi connectivity index (χ1v) is 12.2. The molecule has 0 unspecified atom stereocenters. The third-order valence-electron chi connectivity index (χ3n) is 6.37. The van der Waals surface area contributed by atoms with E-state index in [-0.39, 0.29) is 23.1 Å². The Hall–Kier alpha value is -4.37. The molecule has 0 radical (unpaired) electrons. The van der Waals surface area contributed by atoms with Crippen molar-refractivity contribution in [2.24, 2.45) is 0 Å². The normalized spacial score (nSPS) is 14.5. The number of nitrogens with one attached hydrogen (secondary N) is 2. The number of fused-ring (bicyclic) bond motifs is 1. The SMILES string of the molecule is COc1cc([C@@H]2C(C(=O)Nc3ccccc3C)=C(C)Nc3ncnn32)ccc1OCc1c(F)cccc1Cl. The minimum absolute atomic E-state index is 0.0785. The van der Waals surface area contributed by atoms with E-state index < -0.39 is 11.9 Å². The number of methoxy groups -OCH3 is 1. The number of aryl methyl sites for hydroxylation is 1. The molecule has 1 aliphatic heterocycles. The Morgan fingerprint density at radius 3 is 2.71 bits per heavy atom. The van der Waals surface area contributed by atoms with Gasteiger partial charge in [-0.05, 0) is 55.3 Å². The summed E-state index contributed by atoms with van der Waals surface area (Å²) in [6.45, 7) is 3.68. The first kappa shape index (κ1) is 25.3. The van der Waals surface area contributed by atoms with E-state index in [1.807, 2.05) is 44.2 Å². The maximum Gasteiger partial charge on any atom is 0.255 e. The predicted octanol–water partition coefficient (Wildman–Crippen LogP) is 5.89. The Balaban J connectivity index is 1.49. The average Bonchev–Trinajstić information content (AvgIpc) is 3.37. The fraction of sp³-hybridized carbons (Fsp3) is 0.179. The molecule has 5 rings (SSSR count). The van der Waals surface area contributed by atoms with E-state index in [0.29, 0.717) is 34.4 Å². The van der Waals surface area contributed by atoms with Gasteiger partial charge in [0.1, 0.15) is 24.8 Å². The predicted molar refractivity (Wildman–Crippen MR) is 143 cm³/mol. The van der Waals surface area contributed by atoms with Crippen molar-refractivity contribution in [1.82, 2.24) is 14.8 Å². The van der Waals surface area contributed by atoms with Gasteiger partial charge in [-0.15, -0.1) is 0 Å². The van der Waals surface area contributed by atoms with E-state index in [9.17, 15) is 9.18 Å². The number of aromatic nitrogens is 3. The molecule has 38 heavy (non-hydrogen) atoms. The zero-order chi connectivity index (χ0) is 26.8. The number of hydrogen-bond donors (Lipinski definition) is 2. The van der Waals surface area contributed by atoms with Crippen LogP contribution in [0.5, 0.6) is 11.5 Å². The fourth-order valence-electron chi connectivity index (χ4n) is 4.39. The minimum Gasteiger partial charge on any atom is -0.493 e. The molecule has 1 aromatic heterocycles. The third kappa shape index (κ3) is 4.80. The molecule has 0 aliphatic carbocycles. The van der Waals surface area contributed by atoms with Crippen LogP contribution in [0.2, 0.25) is 5.02 Å². The van der Waals surface area contributed by atoms with Gasteiger partial charge >= 0.3 is 0 Å². The van der Waals surface area contributed by atoms with Crippen LogP contribution in [0.1, 0.15) is 29.7 Å². The van der Waals surface area contributed by atoms with E-state index >= 15 is 0 Å². The molecule has 0 fully saturated rings. The highest BCUT2D eigenvalue weighted by Crippen LogP contribution is 2.39. The van der Waals surface area contributed by atoms with Crippen LogP contribution in [-0.2, 0) is 11.4 Å². The van der Waals surface area contributed by atoms with Gasteiger partial charge in [-0.2, -0.15) is 10.1 Å². The van der Waals surface area contributed by atoms with Gasteiger partial charge in [0.15, 0.2) is 11.5 Å². The Labute approximate surface area is 224 Å². The molecule has 0 saturated carbocycles. The number of ether oxygens (including phenoxy) is 2. The van der Waals surface area contributed by atoms with Crippen molar-refractivity contribution in [1.29, 1.82) is 0 Å². The lowest BCUT2D eigenvalue weighted by Crippen LogP contribution is -2.31. The lowest BCUT2D eigenvalue weighted by molar-refractivity contribution is -0.113. The monoisotopic (exact) mass is 533 g/mol. The molecule has 0 saturated heterocycles. The van der Waals surface area contributed by atoms with Gasteiger partial charge < -0.3 is 20.1 Å². The summed E-state index contributed by atoms with van der Waals surface area (Å²) in [5, 5.41) is 10.8. The summed E-state index contributed by atoms with van der Waals surface area (Å²) >= 11 is 6.14. The lowest BCUT2D eigenvalue weighted by Gasteiger charge is -2.29. The number of rotatable bonds is 7. The van der Waals surface area contributed by atoms with Gasteiger partial charge in [0, 0.05) is 16.9 Å². The second-order valence-electron chi connectivity index (χ2n) is 8.76. The maximum absolute atomic E-state index is 14.2. The fourth-order valence-corrected chi connectivity index (χ4v) is 4.61. The Bertz CT molecular complexity index is 1530. The first-order chi connectivity index (χ1) is 18.4. The highest BCUT2D eigenvalue weighted by Gasteiger charge is 2.34. The van der Waals surface area contributed by atoms with Crippen molar-refractivity contribution >= 4 is 29.1 Å². The number of benzene rings is 3. The number of halogens is 2. The molecule has 8 nitrogen and oxygen atoms in total. The van der Waals surface area contributed by atoms with Crippen LogP contribution in [0.15, 0.2) is 78.3 Å². The summed E-state index contributed by atoms with van der Waals surface area (Å²) in [6.07, 6.45) is 1.43. The highest BCUT2D eigenvalue weighted by molar-refractivity contribution is 6.31. The van der Waals surface area contributed by atoms with Crippen LogP contribution in [0.25, 0.3) is 0 Å². The van der Waals surface area contributed by atoms with Gasteiger partial charge in [-0.1, -0.05) is 41.9 Å². The van der Waals surface area contributed by atoms with Crippen molar-refractivity contribution in [2.75, 3.05) is 17.7 Å². The van der Waals surface area contributed by atoms with Crippen LogP contribution in [0.4, 0.5) is 16.0 Å². The Kier molecular flexibility index (Phi) is 7.02. The van der Waals surface area contributed by atoms with Gasteiger partial charge in [0.05, 0.1) is 17.7 Å². The van der Waals surface area contributed by atoms with Gasteiger partial charge in [-0.25, -0.2) is 9.07 Å². The average molecular weight is 534 g/mol. The molecule has 1 aliphatic rings. The van der Waals surface area contributed by atoms with E-state index in [0.717, 1.165) is 11.1 Å². The number of para-hydroxylation sites is 1. The summed E-state index contributed by atoms with van der Waals surface area (Å²) in [5.41, 5.74) is 3.75. The largest absolute Gasteiger partial charge is 0.493 e. The number of allylic oxidation sites excluding steroid dienone is 1. The number of hydrogen-bond acceptors (Lipinski definition) is 6. The molecule has 3 aromatic carbocycles. The Morgan fingerprint density at radius 1 is 1.13 bits per heavy atom. The van der Waals surface area contributed by atoms with E-state index in [4.69, 9.17) is 21.1 Å². The van der Waals surface area contributed by atoms with Crippen LogP contribution >= 0.6 is 11.6 Å². The summed E-state index contributed by atoms with van der Waals surface area (Å²) < 4.78 is 27.3. The van der Waals surface area contributed by atoms with E-state index in [1.165, 1.54) is 25.6 Å². The zero-order valence-electron chi connectivity index (χ0n) is 21.0. The van der Waals surface area contributed by atoms with Crippen LogP contribution in [0.3, 0.4) is 0 Å². The summed E-state index contributed by atoms with van der Waals surface area (Å²) in [5.74, 6) is 0.588. The molecule has 10 heteroatoms. The van der Waals surface area contributed by atoms with Gasteiger partial charge in [-0.3, -0.25) is 4.79 Å². The molecule has 0 bridgehead atoms. The topological polar surface area (TPSA) is 90.3 Å². The number of carbonyl (C=O) groups is 1. The second-order valence-corrected chi connectivity index (χ2v) is 9.17. The van der Waals surface area contributed by atoms with Crippen LogP contribution in [0, 0.1) is 12.7 Å². The molecule has 2 heterocycles. The van der Waals surface area contributed by atoms with Crippen molar-refractivity contribution < 1.29 is 18.7 Å². The third-order valence-corrected chi connectivity index (χ3v) is 6.72. The molecular weight excluding hydrogens is 509 g/mol. The zero-order valence-corrected chi connectivity index (χ0v) is 21.7. The van der Waals surface area contributed by atoms with E-state index in [1.54, 1.807) is 22.9 Å². The van der Waals surface area contributed by atoms with Gasteiger partial charge in [0.2, 0.25) is 5.95 Å². The molecule has 1 amide bonds. The van der Waals surface area contributed by atoms with Crippen molar-refractivity contribution in [3.63, 3.8) is 0 Å². The van der Waals surface area contributed by atoms with Gasteiger partial charge in [0.25, 0.3) is 5.91 Å². The quantitative estimate of drug-likeness (QED) is 0.308. The van der Waals surface area contributed by atoms with Crippen LogP contribution < -0.4 is 20.1 Å². The van der Waals surface area contributed by atoms with E-state index in [2.05, 4.69) is 20.7 Å². The molecule has 194 valence electrons. The first-order valence-electron chi connectivity index (χ1n) is 11.8. The van der Waals surface area contributed by atoms with Crippen molar-refractivity contribution in [3.05, 3.63) is 106 Å². The summed E-state index contributed by atoms with van der Waals surface area (Å²) in [6, 6.07) is 16.8. The number of amides is 1. The van der Waals surface area contributed by atoms with Crippen molar-refractivity contribution in [2.45, 2.75) is 26.5 Å². The number of anilines is 2. The molecule has 2 N–H and O–H groups in total. The molecular formula is C28H25ClFN5O3. The number of carbonyl (C=O) groups excluding carboxylic acids is 1. The minimum atomic E-state index is -0.596. The molecule has 0 spiro atoms. The lowest BCUT2D eigenvalue weighted by atomic mass is 9.94. The maximum atomic E-state index is 14.2. The Morgan fingerprint density at radius 2 is 1.95 bits per heavy atom. The summed E-state index contributed by atoms with van der Waals surface area (Å²) in [4.78, 5) is 17.9. The van der Waals surface area contributed by atoms with Crippen molar-refractivity contribution in [3.8, 4) is 11.5 Å².